The number of hydrogen-bond donors (Lipinski definition) is 2. The molecule has 2 N–H and O–H groups in total. The van der Waals surface area contributed by atoms with Crippen LogP contribution >= 0.6 is 41.1 Å². The summed E-state index contributed by atoms with van der Waals surface area (Å²) in [5.41, 5.74) is 2.29. The van der Waals surface area contributed by atoms with Gasteiger partial charge in [0.25, 0.3) is 5.56 Å². The summed E-state index contributed by atoms with van der Waals surface area (Å²) in [6.07, 6.45) is 3.80. The Bertz CT molecular complexity index is 1240. The Labute approximate surface area is 238 Å². The Morgan fingerprint density at radius 1 is 1.22 bits per heavy atom. The summed E-state index contributed by atoms with van der Waals surface area (Å²) in [5, 5.41) is 7.04. The maximum atomic E-state index is 15.1. The zero-order valence-electron chi connectivity index (χ0n) is 22.3. The van der Waals surface area contributed by atoms with Crippen molar-refractivity contribution in [2.75, 3.05) is 39.0 Å². The van der Waals surface area contributed by atoms with Crippen LogP contribution < -0.4 is 16.2 Å². The molecule has 3 atom stereocenters. The Balaban J connectivity index is 1.70. The fraction of sp³-hybridized carbons (Fsp3) is 0.556. The number of anilines is 1. The van der Waals surface area contributed by atoms with Crippen LogP contribution in [0.1, 0.15) is 62.3 Å². The molecule has 202 valence electrons. The van der Waals surface area contributed by atoms with E-state index in [4.69, 9.17) is 0 Å². The standard InChI is InChI=1S/C27H39FIN5OP2/c1-16(2)18-7-6-8-19(23(18)29)17(3)32-24(30-4)20-12-34(27(9-10-27)25(36)37)22(35)11-21(20)31-13-26(28)14-33(5)15-26/h6-8,11-12,16-17,25,31H,9-10,13-15,36-37H2,1-5H3,(H,30,32)/t17-/m1/s1. The first kappa shape index (κ1) is 28.9. The van der Waals surface area contributed by atoms with Gasteiger partial charge in [0.15, 0.2) is 5.67 Å². The minimum atomic E-state index is -1.30. The molecule has 2 aliphatic rings. The van der Waals surface area contributed by atoms with Crippen LogP contribution in [-0.2, 0) is 5.54 Å². The van der Waals surface area contributed by atoms with Gasteiger partial charge in [0.2, 0.25) is 0 Å². The second-order valence-electron chi connectivity index (χ2n) is 11.0. The normalized spacial score (nSPS) is 19.6. The summed E-state index contributed by atoms with van der Waals surface area (Å²) in [5.74, 6) is 1.10. The van der Waals surface area contributed by atoms with Crippen molar-refractivity contribution in [1.29, 1.82) is 0 Å². The van der Waals surface area contributed by atoms with Crippen LogP contribution in [0, 0.1) is 3.57 Å². The van der Waals surface area contributed by atoms with Gasteiger partial charge in [-0.1, -0.05) is 32.0 Å². The van der Waals surface area contributed by atoms with Crippen molar-refractivity contribution in [2.45, 2.75) is 62.2 Å². The SMILES string of the molecule is CN=C(N[C@H](C)c1cccc(C(C)C)c1I)c1cn(C2(C(P)P)CC2)c(=O)cc1NCC1(F)CN(C)C1. The van der Waals surface area contributed by atoms with Crippen molar-refractivity contribution in [3.05, 3.63) is 61.1 Å². The minimum absolute atomic E-state index is 0.0172. The lowest BCUT2D eigenvalue weighted by atomic mass is 9.97. The molecule has 1 saturated carbocycles. The number of aromatic nitrogens is 1. The molecule has 1 aliphatic carbocycles. The quantitative estimate of drug-likeness (QED) is 0.174. The number of amidine groups is 1. The lowest BCUT2D eigenvalue weighted by molar-refractivity contribution is -0.00381. The van der Waals surface area contributed by atoms with Crippen LogP contribution in [0.15, 0.2) is 40.2 Å². The van der Waals surface area contributed by atoms with Gasteiger partial charge in [-0.15, -0.1) is 18.5 Å². The molecule has 37 heavy (non-hydrogen) atoms. The topological polar surface area (TPSA) is 61.7 Å². The highest BCUT2D eigenvalue weighted by molar-refractivity contribution is 14.1. The number of nitrogens with one attached hydrogen (secondary N) is 2. The van der Waals surface area contributed by atoms with Gasteiger partial charge in [-0.3, -0.25) is 14.7 Å². The van der Waals surface area contributed by atoms with Crippen molar-refractivity contribution in [3.8, 4) is 0 Å². The van der Waals surface area contributed by atoms with Crippen molar-refractivity contribution in [1.82, 2.24) is 14.8 Å². The van der Waals surface area contributed by atoms with E-state index in [9.17, 15) is 4.79 Å². The molecule has 1 aliphatic heterocycles. The van der Waals surface area contributed by atoms with E-state index < -0.39 is 5.67 Å². The molecule has 2 aromatic rings. The van der Waals surface area contributed by atoms with E-state index in [0.717, 1.165) is 18.4 Å². The smallest absolute Gasteiger partial charge is 0.253 e. The summed E-state index contributed by atoms with van der Waals surface area (Å²) in [7, 11) is 9.31. The Morgan fingerprint density at radius 3 is 2.41 bits per heavy atom. The van der Waals surface area contributed by atoms with Crippen LogP contribution in [0.2, 0.25) is 0 Å². The highest BCUT2D eigenvalue weighted by Gasteiger charge is 2.48. The van der Waals surface area contributed by atoms with E-state index in [-0.39, 0.29) is 29.1 Å². The first-order chi connectivity index (χ1) is 17.4. The maximum Gasteiger partial charge on any atom is 0.253 e. The molecule has 0 radical (unpaired) electrons. The van der Waals surface area contributed by atoms with Crippen molar-refractivity contribution in [3.63, 3.8) is 0 Å². The van der Waals surface area contributed by atoms with Crippen molar-refractivity contribution >= 4 is 52.6 Å². The Hall–Kier alpha value is -1.08. The molecule has 0 bridgehead atoms. The Kier molecular flexibility index (Phi) is 8.75. The van der Waals surface area contributed by atoms with Crippen LogP contribution in [0.3, 0.4) is 0 Å². The summed E-state index contributed by atoms with van der Waals surface area (Å²) in [6, 6.07) is 8.02. The maximum absolute atomic E-state index is 15.1. The highest BCUT2D eigenvalue weighted by atomic mass is 127. The van der Waals surface area contributed by atoms with Crippen LogP contribution in [0.25, 0.3) is 0 Å². The van der Waals surface area contributed by atoms with E-state index in [1.54, 1.807) is 13.1 Å². The molecule has 1 aromatic carbocycles. The molecular weight excluding hydrogens is 618 g/mol. The van der Waals surface area contributed by atoms with Gasteiger partial charge < -0.3 is 15.2 Å². The fourth-order valence-corrected chi connectivity index (χ4v) is 7.70. The van der Waals surface area contributed by atoms with E-state index in [2.05, 4.69) is 95.7 Å². The zero-order chi connectivity index (χ0) is 27.1. The molecule has 4 rings (SSSR count). The highest BCUT2D eigenvalue weighted by Crippen LogP contribution is 2.51. The van der Waals surface area contributed by atoms with Crippen molar-refractivity contribution < 1.29 is 4.39 Å². The van der Waals surface area contributed by atoms with Gasteiger partial charge in [0.1, 0.15) is 5.84 Å². The van der Waals surface area contributed by atoms with Gasteiger partial charge in [-0.25, -0.2) is 4.39 Å². The summed E-state index contributed by atoms with van der Waals surface area (Å²) < 4.78 is 18.2. The molecule has 1 saturated heterocycles. The number of likely N-dealkylation sites (tertiary alicyclic amines) is 1. The predicted molar refractivity (Wildman–Crippen MR) is 168 cm³/mol. The second kappa shape index (κ2) is 11.2. The molecule has 2 heterocycles. The Morgan fingerprint density at radius 2 is 1.86 bits per heavy atom. The third-order valence-corrected chi connectivity index (χ3v) is 10.1. The van der Waals surface area contributed by atoms with Gasteiger partial charge in [0.05, 0.1) is 29.4 Å². The fourth-order valence-electron chi connectivity index (χ4n) is 5.26. The second-order valence-corrected chi connectivity index (χ2v) is 14.2. The first-order valence-electron chi connectivity index (χ1n) is 12.8. The molecule has 10 heteroatoms. The number of hydrogen-bond acceptors (Lipinski definition) is 4. The molecule has 2 unspecified atom stereocenters. The van der Waals surface area contributed by atoms with E-state index in [1.807, 2.05) is 22.7 Å². The lowest BCUT2D eigenvalue weighted by Crippen LogP contribution is -2.60. The third kappa shape index (κ3) is 5.92. The van der Waals surface area contributed by atoms with Gasteiger partial charge in [-0.05, 0) is 66.4 Å². The van der Waals surface area contributed by atoms with Gasteiger partial charge >= 0.3 is 0 Å². The van der Waals surface area contributed by atoms with E-state index in [0.29, 0.717) is 30.5 Å². The van der Waals surface area contributed by atoms with E-state index in [1.165, 1.54) is 14.7 Å². The molecule has 1 aromatic heterocycles. The van der Waals surface area contributed by atoms with Crippen molar-refractivity contribution in [2.24, 2.45) is 4.99 Å². The average Bonchev–Trinajstić information content (AvgIpc) is 3.62. The van der Waals surface area contributed by atoms with Gasteiger partial charge in [-0.2, -0.15) is 0 Å². The number of benzene rings is 1. The predicted octanol–water partition coefficient (Wildman–Crippen LogP) is 4.93. The molecule has 0 spiro atoms. The number of halogens is 2. The minimum Gasteiger partial charge on any atom is -0.381 e. The summed E-state index contributed by atoms with van der Waals surface area (Å²) in [4.78, 5) is 19.8. The lowest BCUT2D eigenvalue weighted by Gasteiger charge is -2.42. The first-order valence-corrected chi connectivity index (χ1v) is 15.2. The van der Waals surface area contributed by atoms with E-state index >= 15 is 4.39 Å². The zero-order valence-corrected chi connectivity index (χ0v) is 26.8. The number of pyridine rings is 1. The number of nitrogens with zero attached hydrogens (tertiary/aromatic N) is 3. The summed E-state index contributed by atoms with van der Waals surface area (Å²) in [6.45, 7) is 7.44. The third-order valence-electron chi connectivity index (χ3n) is 7.60. The monoisotopic (exact) mass is 657 g/mol. The average molecular weight is 657 g/mol. The molecule has 6 nitrogen and oxygen atoms in total. The van der Waals surface area contributed by atoms with Crippen LogP contribution in [0.4, 0.5) is 10.1 Å². The molecule has 0 amide bonds. The molecular formula is C27H39FIN5OP2. The van der Waals surface area contributed by atoms with Gasteiger partial charge in [0, 0.05) is 41.4 Å². The van der Waals surface area contributed by atoms with Crippen LogP contribution in [0.5, 0.6) is 0 Å². The number of aliphatic imine (C=N–C) groups is 1. The number of rotatable bonds is 9. The van der Waals surface area contributed by atoms with Crippen LogP contribution in [-0.4, -0.2) is 60.1 Å². The largest absolute Gasteiger partial charge is 0.381 e. The molecule has 2 fully saturated rings. The summed E-state index contributed by atoms with van der Waals surface area (Å²) >= 11 is 2.43. The number of alkyl halides is 1.